The largest absolute Gasteiger partial charge is 0.339 e. The number of nitrogens with zero attached hydrogens (tertiary/aromatic N) is 1. The van der Waals surface area contributed by atoms with Gasteiger partial charge in [0.1, 0.15) is 0 Å². The molecule has 0 bridgehead atoms. The number of carbonyl (C=O) groups is 1. The van der Waals surface area contributed by atoms with Gasteiger partial charge in [0, 0.05) is 23.5 Å². The summed E-state index contributed by atoms with van der Waals surface area (Å²) in [6, 6.07) is 7.87. The Hall–Kier alpha value is -0.960. The summed E-state index contributed by atoms with van der Waals surface area (Å²) in [4.78, 5) is 15.4. The van der Waals surface area contributed by atoms with Gasteiger partial charge in [-0.25, -0.2) is 0 Å². The zero-order valence-electron chi connectivity index (χ0n) is 10.9. The minimum atomic E-state index is 0.157. The van der Waals surface area contributed by atoms with Crippen molar-refractivity contribution in [2.45, 2.75) is 31.6 Å². The fourth-order valence-electron chi connectivity index (χ4n) is 1.79. The van der Waals surface area contributed by atoms with Crippen molar-refractivity contribution in [3.05, 3.63) is 29.8 Å². The van der Waals surface area contributed by atoms with Crippen LogP contribution in [0, 0.1) is 0 Å². The maximum Gasteiger partial charge on any atom is 0.253 e. The zero-order chi connectivity index (χ0) is 12.7. The Balaban J connectivity index is 2.84. The quantitative estimate of drug-likeness (QED) is 0.719. The lowest BCUT2D eigenvalue weighted by atomic mass is 10.2. The van der Waals surface area contributed by atoms with E-state index >= 15 is 0 Å². The molecule has 0 aliphatic carbocycles. The first-order chi connectivity index (χ1) is 8.22. The van der Waals surface area contributed by atoms with Gasteiger partial charge in [-0.1, -0.05) is 19.9 Å². The number of hydrogen-bond donors (Lipinski definition) is 0. The Morgan fingerprint density at radius 2 is 1.88 bits per heavy atom. The predicted octanol–water partition coefficient (Wildman–Crippen LogP) is 3.67. The summed E-state index contributed by atoms with van der Waals surface area (Å²) in [5, 5.41) is 0. The Kier molecular flexibility index (Phi) is 6.12. The van der Waals surface area contributed by atoms with Crippen LogP contribution >= 0.6 is 11.8 Å². The van der Waals surface area contributed by atoms with Crippen LogP contribution in [0.4, 0.5) is 0 Å². The molecular formula is C14H21NOS. The molecule has 1 aromatic carbocycles. The van der Waals surface area contributed by atoms with Gasteiger partial charge in [-0.3, -0.25) is 4.79 Å². The van der Waals surface area contributed by atoms with Crippen LogP contribution in [0.3, 0.4) is 0 Å². The highest BCUT2D eigenvalue weighted by Crippen LogP contribution is 2.17. The van der Waals surface area contributed by atoms with Crippen molar-refractivity contribution in [2.24, 2.45) is 0 Å². The van der Waals surface area contributed by atoms with Crippen LogP contribution in [-0.2, 0) is 0 Å². The summed E-state index contributed by atoms with van der Waals surface area (Å²) in [5.74, 6) is 0.157. The van der Waals surface area contributed by atoms with E-state index in [1.165, 1.54) is 0 Å². The lowest BCUT2D eigenvalue weighted by Crippen LogP contribution is -2.32. The van der Waals surface area contributed by atoms with Gasteiger partial charge in [-0.2, -0.15) is 0 Å². The van der Waals surface area contributed by atoms with E-state index in [2.05, 4.69) is 13.8 Å². The van der Waals surface area contributed by atoms with Crippen molar-refractivity contribution in [1.29, 1.82) is 0 Å². The lowest BCUT2D eigenvalue weighted by molar-refractivity contribution is 0.0755. The standard InChI is InChI=1S/C14H21NOS/c1-4-9-15(10-5-2)14(16)12-7-6-8-13(11-12)17-3/h6-8,11H,4-5,9-10H2,1-3H3. The molecular weight excluding hydrogens is 230 g/mol. The molecule has 0 spiro atoms. The number of rotatable bonds is 6. The molecule has 17 heavy (non-hydrogen) atoms. The molecule has 0 aliphatic heterocycles. The number of carbonyl (C=O) groups excluding carboxylic acids is 1. The first kappa shape index (κ1) is 14.1. The van der Waals surface area contributed by atoms with Crippen LogP contribution in [0.5, 0.6) is 0 Å². The Morgan fingerprint density at radius 3 is 2.41 bits per heavy atom. The number of amides is 1. The molecule has 0 unspecified atom stereocenters. The van der Waals surface area contributed by atoms with Crippen LogP contribution in [0.25, 0.3) is 0 Å². The minimum absolute atomic E-state index is 0.157. The third kappa shape index (κ3) is 4.08. The summed E-state index contributed by atoms with van der Waals surface area (Å²) in [5.41, 5.74) is 0.804. The van der Waals surface area contributed by atoms with E-state index < -0.39 is 0 Å². The average Bonchev–Trinajstić information content (AvgIpc) is 2.38. The van der Waals surface area contributed by atoms with Crippen molar-refractivity contribution >= 4 is 17.7 Å². The summed E-state index contributed by atoms with van der Waals surface area (Å²) in [7, 11) is 0. The molecule has 0 radical (unpaired) electrons. The summed E-state index contributed by atoms with van der Waals surface area (Å²) >= 11 is 1.67. The highest BCUT2D eigenvalue weighted by Gasteiger charge is 2.14. The van der Waals surface area contributed by atoms with Crippen molar-refractivity contribution in [1.82, 2.24) is 4.90 Å². The SMILES string of the molecule is CCCN(CCC)C(=O)c1cccc(SC)c1. The van der Waals surface area contributed by atoms with Crippen molar-refractivity contribution in [3.8, 4) is 0 Å². The topological polar surface area (TPSA) is 20.3 Å². The minimum Gasteiger partial charge on any atom is -0.339 e. The van der Waals surface area contributed by atoms with E-state index in [1.807, 2.05) is 35.4 Å². The molecule has 1 amide bonds. The molecule has 1 aromatic rings. The average molecular weight is 251 g/mol. The van der Waals surface area contributed by atoms with Crippen LogP contribution in [-0.4, -0.2) is 30.2 Å². The highest BCUT2D eigenvalue weighted by molar-refractivity contribution is 7.98. The van der Waals surface area contributed by atoms with E-state index in [9.17, 15) is 4.79 Å². The van der Waals surface area contributed by atoms with Crippen LogP contribution in [0.1, 0.15) is 37.0 Å². The van der Waals surface area contributed by atoms with Crippen molar-refractivity contribution in [3.63, 3.8) is 0 Å². The predicted molar refractivity (Wildman–Crippen MR) is 74.7 cm³/mol. The monoisotopic (exact) mass is 251 g/mol. The van der Waals surface area contributed by atoms with Crippen LogP contribution in [0.15, 0.2) is 29.2 Å². The second-order valence-electron chi connectivity index (χ2n) is 4.02. The van der Waals surface area contributed by atoms with E-state index in [1.54, 1.807) is 11.8 Å². The second-order valence-corrected chi connectivity index (χ2v) is 4.90. The van der Waals surface area contributed by atoms with Gasteiger partial charge in [0.15, 0.2) is 0 Å². The maximum atomic E-state index is 12.3. The molecule has 0 heterocycles. The highest BCUT2D eigenvalue weighted by atomic mass is 32.2. The molecule has 94 valence electrons. The summed E-state index contributed by atoms with van der Waals surface area (Å²) < 4.78 is 0. The van der Waals surface area contributed by atoms with Gasteiger partial charge in [0.2, 0.25) is 0 Å². The van der Waals surface area contributed by atoms with E-state index in [-0.39, 0.29) is 5.91 Å². The van der Waals surface area contributed by atoms with Crippen molar-refractivity contribution < 1.29 is 4.79 Å². The fourth-order valence-corrected chi connectivity index (χ4v) is 2.25. The molecule has 1 rings (SSSR count). The molecule has 0 saturated heterocycles. The number of hydrogen-bond acceptors (Lipinski definition) is 2. The molecule has 0 atom stereocenters. The Labute approximate surface area is 108 Å². The van der Waals surface area contributed by atoms with E-state index in [4.69, 9.17) is 0 Å². The summed E-state index contributed by atoms with van der Waals surface area (Å²) in [6.07, 6.45) is 4.04. The van der Waals surface area contributed by atoms with E-state index in [0.29, 0.717) is 0 Å². The van der Waals surface area contributed by atoms with Crippen LogP contribution < -0.4 is 0 Å². The normalized spacial score (nSPS) is 10.3. The second kappa shape index (κ2) is 7.38. The molecule has 0 N–H and O–H groups in total. The van der Waals surface area contributed by atoms with Gasteiger partial charge in [-0.05, 0) is 37.3 Å². The first-order valence-corrected chi connectivity index (χ1v) is 7.38. The molecule has 0 saturated carbocycles. The Morgan fingerprint density at radius 1 is 1.24 bits per heavy atom. The zero-order valence-corrected chi connectivity index (χ0v) is 11.7. The van der Waals surface area contributed by atoms with Crippen molar-refractivity contribution in [2.75, 3.05) is 19.3 Å². The van der Waals surface area contributed by atoms with Crippen LogP contribution in [0.2, 0.25) is 0 Å². The lowest BCUT2D eigenvalue weighted by Gasteiger charge is -2.21. The van der Waals surface area contributed by atoms with Gasteiger partial charge < -0.3 is 4.90 Å². The van der Waals surface area contributed by atoms with Gasteiger partial charge in [0.25, 0.3) is 5.91 Å². The fraction of sp³-hybridized carbons (Fsp3) is 0.500. The van der Waals surface area contributed by atoms with Gasteiger partial charge >= 0.3 is 0 Å². The number of thioether (sulfide) groups is 1. The van der Waals surface area contributed by atoms with Gasteiger partial charge in [-0.15, -0.1) is 11.8 Å². The molecule has 3 heteroatoms. The maximum absolute atomic E-state index is 12.3. The molecule has 0 fully saturated rings. The van der Waals surface area contributed by atoms with Gasteiger partial charge in [0.05, 0.1) is 0 Å². The molecule has 2 nitrogen and oxygen atoms in total. The molecule has 0 aromatic heterocycles. The third-order valence-corrected chi connectivity index (χ3v) is 3.32. The third-order valence-electron chi connectivity index (χ3n) is 2.59. The first-order valence-electron chi connectivity index (χ1n) is 6.16. The smallest absolute Gasteiger partial charge is 0.253 e. The number of benzene rings is 1. The van der Waals surface area contributed by atoms with E-state index in [0.717, 1.165) is 36.4 Å². The molecule has 0 aliphatic rings. The summed E-state index contributed by atoms with van der Waals surface area (Å²) in [6.45, 7) is 5.90. The Bertz CT molecular complexity index is 359.